The van der Waals surface area contributed by atoms with Crippen molar-refractivity contribution >= 4 is 5.91 Å². The van der Waals surface area contributed by atoms with E-state index in [4.69, 9.17) is 0 Å². The first-order valence-electron chi connectivity index (χ1n) is 10.1. The first-order chi connectivity index (χ1) is 12.6. The lowest BCUT2D eigenvalue weighted by molar-refractivity contribution is -0.123. The van der Waals surface area contributed by atoms with Gasteiger partial charge in [-0.05, 0) is 55.9 Å². The molecule has 142 valence electrons. The summed E-state index contributed by atoms with van der Waals surface area (Å²) < 4.78 is 0. The molecule has 1 aromatic carbocycles. The first-order valence-corrected chi connectivity index (χ1v) is 10.1. The summed E-state index contributed by atoms with van der Waals surface area (Å²) >= 11 is 0. The fraction of sp³-hybridized carbons (Fsp3) is 0.667. The number of rotatable bonds is 5. The number of piperazine rings is 1. The highest BCUT2D eigenvalue weighted by molar-refractivity contribution is 5.82. The van der Waals surface area contributed by atoms with Gasteiger partial charge in [-0.15, -0.1) is 0 Å². The van der Waals surface area contributed by atoms with E-state index < -0.39 is 0 Å². The molecule has 2 saturated heterocycles. The van der Waals surface area contributed by atoms with Crippen LogP contribution in [0.5, 0.6) is 0 Å². The lowest BCUT2D eigenvalue weighted by Crippen LogP contribution is -2.43. The second-order valence-corrected chi connectivity index (χ2v) is 8.48. The van der Waals surface area contributed by atoms with Crippen LogP contribution in [-0.4, -0.2) is 62.0 Å². The van der Waals surface area contributed by atoms with Crippen molar-refractivity contribution in [1.82, 2.24) is 20.4 Å². The van der Waals surface area contributed by atoms with E-state index in [-0.39, 0.29) is 11.8 Å². The number of carbonyl (C=O) groups excluding carboxylic acids is 1. The highest BCUT2D eigenvalue weighted by atomic mass is 16.2. The van der Waals surface area contributed by atoms with E-state index in [0.29, 0.717) is 12.0 Å². The zero-order valence-electron chi connectivity index (χ0n) is 16.0. The Balaban J connectivity index is 1.22. The Bertz CT molecular complexity index is 615. The number of benzene rings is 1. The van der Waals surface area contributed by atoms with Crippen LogP contribution in [0.2, 0.25) is 0 Å². The molecule has 26 heavy (non-hydrogen) atoms. The van der Waals surface area contributed by atoms with Crippen LogP contribution in [0.25, 0.3) is 0 Å². The molecule has 3 fully saturated rings. The summed E-state index contributed by atoms with van der Waals surface area (Å²) in [6, 6.07) is 8.76. The minimum Gasteiger partial charge on any atom is -0.352 e. The van der Waals surface area contributed by atoms with Crippen molar-refractivity contribution in [2.24, 2.45) is 11.3 Å². The van der Waals surface area contributed by atoms with Crippen LogP contribution in [0.15, 0.2) is 24.3 Å². The largest absolute Gasteiger partial charge is 0.352 e. The summed E-state index contributed by atoms with van der Waals surface area (Å²) in [6.45, 7) is 8.42. The molecule has 2 aliphatic heterocycles. The van der Waals surface area contributed by atoms with Crippen LogP contribution in [-0.2, 0) is 17.9 Å². The summed E-state index contributed by atoms with van der Waals surface area (Å²) in [4.78, 5) is 17.4. The fourth-order valence-electron chi connectivity index (χ4n) is 4.53. The zero-order chi connectivity index (χ0) is 18.0. The maximum atomic E-state index is 12.5. The number of hydrogen-bond donors (Lipinski definition) is 2. The van der Waals surface area contributed by atoms with E-state index in [9.17, 15) is 4.79 Å². The molecule has 1 spiro atoms. The maximum absolute atomic E-state index is 12.5. The van der Waals surface area contributed by atoms with E-state index in [1.54, 1.807) is 0 Å². The smallest absolute Gasteiger partial charge is 0.223 e. The molecule has 1 aliphatic carbocycles. The molecule has 3 aliphatic rings. The third-order valence-electron chi connectivity index (χ3n) is 6.60. The van der Waals surface area contributed by atoms with Gasteiger partial charge in [0.15, 0.2) is 0 Å². The quantitative estimate of drug-likeness (QED) is 0.838. The molecular formula is C21H32N4O. The Morgan fingerprint density at radius 3 is 2.46 bits per heavy atom. The van der Waals surface area contributed by atoms with Gasteiger partial charge in [0.25, 0.3) is 0 Å². The molecule has 1 saturated carbocycles. The minimum absolute atomic E-state index is 0.251. The minimum atomic E-state index is 0.251. The lowest BCUT2D eigenvalue weighted by Gasteiger charge is -2.32. The molecule has 4 rings (SSSR count). The Morgan fingerprint density at radius 1 is 1.12 bits per heavy atom. The first kappa shape index (κ1) is 18.0. The number of amides is 1. The summed E-state index contributed by atoms with van der Waals surface area (Å²) in [5.41, 5.74) is 2.88. The van der Waals surface area contributed by atoms with Crippen molar-refractivity contribution in [3.8, 4) is 0 Å². The monoisotopic (exact) mass is 356 g/mol. The van der Waals surface area contributed by atoms with Crippen molar-refractivity contribution in [2.75, 3.05) is 46.3 Å². The number of likely N-dealkylation sites (N-methyl/N-ethyl adjacent to an activating group) is 1. The van der Waals surface area contributed by atoms with E-state index in [1.165, 1.54) is 11.1 Å². The molecular weight excluding hydrogens is 324 g/mol. The molecule has 1 aromatic rings. The predicted octanol–water partition coefficient (Wildman–Crippen LogP) is 1.44. The van der Waals surface area contributed by atoms with Crippen molar-refractivity contribution in [3.05, 3.63) is 35.4 Å². The Kier molecular flexibility index (Phi) is 5.30. The fourth-order valence-corrected chi connectivity index (χ4v) is 4.53. The lowest BCUT2D eigenvalue weighted by atomic mass is 9.92. The normalized spacial score (nSPS) is 26.0. The van der Waals surface area contributed by atoms with Crippen molar-refractivity contribution < 1.29 is 4.79 Å². The molecule has 5 heteroatoms. The highest BCUT2D eigenvalue weighted by Gasteiger charge is 2.57. The topological polar surface area (TPSA) is 47.6 Å². The average molecular weight is 357 g/mol. The number of carbonyl (C=O) groups is 1. The third-order valence-corrected chi connectivity index (χ3v) is 6.60. The second-order valence-electron chi connectivity index (χ2n) is 8.48. The molecule has 0 aromatic heterocycles. The number of nitrogens with zero attached hydrogens (tertiary/aromatic N) is 2. The van der Waals surface area contributed by atoms with Gasteiger partial charge < -0.3 is 15.5 Å². The van der Waals surface area contributed by atoms with Crippen LogP contribution >= 0.6 is 0 Å². The predicted molar refractivity (Wildman–Crippen MR) is 104 cm³/mol. The molecule has 0 bridgehead atoms. The average Bonchev–Trinajstić information content (AvgIpc) is 3.36. The van der Waals surface area contributed by atoms with Crippen LogP contribution in [0, 0.1) is 11.3 Å². The van der Waals surface area contributed by atoms with Crippen LogP contribution in [0.4, 0.5) is 0 Å². The molecule has 5 nitrogen and oxygen atoms in total. The number of hydrogen-bond acceptors (Lipinski definition) is 4. The number of nitrogens with one attached hydrogen (secondary N) is 2. The summed E-state index contributed by atoms with van der Waals surface area (Å²) in [5.74, 6) is 0.509. The van der Waals surface area contributed by atoms with E-state index in [2.05, 4.69) is 51.7 Å². The molecule has 1 unspecified atom stereocenters. The van der Waals surface area contributed by atoms with Crippen molar-refractivity contribution in [3.63, 3.8) is 0 Å². The van der Waals surface area contributed by atoms with Crippen LogP contribution in [0.1, 0.15) is 30.4 Å². The van der Waals surface area contributed by atoms with Crippen molar-refractivity contribution in [2.45, 2.75) is 32.4 Å². The van der Waals surface area contributed by atoms with Gasteiger partial charge in [-0.3, -0.25) is 9.69 Å². The molecule has 2 heterocycles. The van der Waals surface area contributed by atoms with E-state index >= 15 is 0 Å². The van der Waals surface area contributed by atoms with Gasteiger partial charge in [0.1, 0.15) is 0 Å². The third kappa shape index (κ3) is 4.11. The Labute approximate surface area is 157 Å². The Morgan fingerprint density at radius 2 is 1.77 bits per heavy atom. The Hall–Kier alpha value is -1.43. The molecule has 0 radical (unpaired) electrons. The molecule has 2 N–H and O–H groups in total. The van der Waals surface area contributed by atoms with Gasteiger partial charge in [0.05, 0.1) is 0 Å². The van der Waals surface area contributed by atoms with Gasteiger partial charge in [0, 0.05) is 45.2 Å². The van der Waals surface area contributed by atoms with Gasteiger partial charge in [-0.2, -0.15) is 0 Å². The van der Waals surface area contributed by atoms with Gasteiger partial charge >= 0.3 is 0 Å². The zero-order valence-corrected chi connectivity index (χ0v) is 16.0. The van der Waals surface area contributed by atoms with Gasteiger partial charge in [-0.25, -0.2) is 0 Å². The summed E-state index contributed by atoms with van der Waals surface area (Å²) in [6.07, 6.45) is 3.41. The summed E-state index contributed by atoms with van der Waals surface area (Å²) in [7, 11) is 2.19. The SMILES string of the molecule is CN1CCN(Cc2ccc(CNC(=O)C3CC34CCNCC4)cc2)CC1. The summed E-state index contributed by atoms with van der Waals surface area (Å²) in [5, 5.41) is 6.56. The number of piperidine rings is 1. The van der Waals surface area contributed by atoms with Gasteiger partial charge in [-0.1, -0.05) is 24.3 Å². The molecule has 1 atom stereocenters. The van der Waals surface area contributed by atoms with Crippen molar-refractivity contribution in [1.29, 1.82) is 0 Å². The standard InChI is InChI=1S/C21H32N4O/c1-24-10-12-25(13-11-24)16-18-4-2-17(3-5-18)15-23-20(26)19-14-21(19)6-8-22-9-7-21/h2-5,19,22H,6-16H2,1H3,(H,23,26). The second kappa shape index (κ2) is 7.67. The maximum Gasteiger partial charge on any atom is 0.223 e. The molecule has 1 amide bonds. The van der Waals surface area contributed by atoms with E-state index in [0.717, 1.165) is 65.1 Å². The van der Waals surface area contributed by atoms with E-state index in [1.807, 2.05) is 0 Å². The van der Waals surface area contributed by atoms with Crippen LogP contribution in [0.3, 0.4) is 0 Å². The highest BCUT2D eigenvalue weighted by Crippen LogP contribution is 2.58. The van der Waals surface area contributed by atoms with Crippen LogP contribution < -0.4 is 10.6 Å². The van der Waals surface area contributed by atoms with Gasteiger partial charge in [0.2, 0.25) is 5.91 Å².